The topological polar surface area (TPSA) is 56.7 Å². The molecule has 1 fully saturated rings. The molecule has 1 aromatic heterocycles. The Morgan fingerprint density at radius 3 is 2.78 bits per heavy atom. The van der Waals surface area contributed by atoms with E-state index in [0.717, 1.165) is 44.0 Å². The molecule has 0 bridgehead atoms. The monoisotopic (exact) mass is 249 g/mol. The summed E-state index contributed by atoms with van der Waals surface area (Å²) < 4.78 is 0. The van der Waals surface area contributed by atoms with Crippen LogP contribution >= 0.6 is 0 Å². The van der Waals surface area contributed by atoms with Crippen LogP contribution in [0.2, 0.25) is 0 Å². The van der Waals surface area contributed by atoms with E-state index in [1.165, 1.54) is 0 Å². The lowest BCUT2D eigenvalue weighted by Gasteiger charge is -2.22. The van der Waals surface area contributed by atoms with E-state index in [4.69, 9.17) is 5.11 Å². The van der Waals surface area contributed by atoms with Crippen molar-refractivity contribution in [2.24, 2.45) is 0 Å². The van der Waals surface area contributed by atoms with Gasteiger partial charge in [0.05, 0.1) is 6.61 Å². The number of pyridine rings is 1. The average Bonchev–Trinajstić information content (AvgIpc) is 2.64. The number of aliphatic hydroxyl groups excluding tert-OH is 1. The van der Waals surface area contributed by atoms with Crippen LogP contribution in [-0.2, 0) is 11.4 Å². The van der Waals surface area contributed by atoms with Gasteiger partial charge in [0.2, 0.25) is 5.91 Å². The average molecular weight is 249 g/mol. The van der Waals surface area contributed by atoms with E-state index in [1.807, 2.05) is 17.0 Å². The minimum absolute atomic E-state index is 0.0192. The number of amides is 1. The van der Waals surface area contributed by atoms with Gasteiger partial charge in [0.15, 0.2) is 0 Å². The summed E-state index contributed by atoms with van der Waals surface area (Å²) in [5, 5.41) is 8.98. The number of anilines is 1. The van der Waals surface area contributed by atoms with Crippen molar-refractivity contribution in [1.29, 1.82) is 0 Å². The zero-order valence-electron chi connectivity index (χ0n) is 10.7. The zero-order valence-corrected chi connectivity index (χ0v) is 10.7. The van der Waals surface area contributed by atoms with Gasteiger partial charge in [-0.25, -0.2) is 4.98 Å². The second-order valence-electron chi connectivity index (χ2n) is 4.53. The normalized spacial score (nSPS) is 16.6. The lowest BCUT2D eigenvalue weighted by atomic mass is 10.3. The van der Waals surface area contributed by atoms with Crippen molar-refractivity contribution in [3.8, 4) is 0 Å². The minimum atomic E-state index is 0.0192. The fraction of sp³-hybridized carbons (Fsp3) is 0.538. The van der Waals surface area contributed by atoms with Crippen LogP contribution < -0.4 is 4.90 Å². The van der Waals surface area contributed by atoms with Crippen molar-refractivity contribution in [1.82, 2.24) is 9.88 Å². The van der Waals surface area contributed by atoms with E-state index in [9.17, 15) is 4.79 Å². The summed E-state index contributed by atoms with van der Waals surface area (Å²) in [5.41, 5.74) is 0.818. The number of aliphatic hydroxyl groups is 1. The highest BCUT2D eigenvalue weighted by atomic mass is 16.3. The molecule has 1 aliphatic heterocycles. The number of carbonyl (C=O) groups excluding carboxylic acids is 1. The molecule has 0 radical (unpaired) electrons. The molecule has 0 spiro atoms. The predicted molar refractivity (Wildman–Crippen MR) is 69.2 cm³/mol. The Hall–Kier alpha value is -1.62. The molecular weight excluding hydrogens is 230 g/mol. The summed E-state index contributed by atoms with van der Waals surface area (Å²) in [6.45, 7) is 4.93. The van der Waals surface area contributed by atoms with Crippen LogP contribution in [0.15, 0.2) is 18.3 Å². The fourth-order valence-corrected chi connectivity index (χ4v) is 2.16. The number of hydrogen-bond acceptors (Lipinski definition) is 4. The Morgan fingerprint density at radius 2 is 2.17 bits per heavy atom. The molecular formula is C13H19N3O2. The number of aromatic nitrogens is 1. The van der Waals surface area contributed by atoms with Crippen molar-refractivity contribution in [3.05, 3.63) is 23.9 Å². The van der Waals surface area contributed by atoms with Gasteiger partial charge in [-0.05, 0) is 18.1 Å². The highest BCUT2D eigenvalue weighted by Crippen LogP contribution is 2.14. The molecule has 0 atom stereocenters. The van der Waals surface area contributed by atoms with Crippen molar-refractivity contribution in [3.63, 3.8) is 0 Å². The number of rotatable bonds is 2. The fourth-order valence-electron chi connectivity index (χ4n) is 2.16. The number of carbonyl (C=O) groups is 1. The van der Waals surface area contributed by atoms with Crippen LogP contribution in [0.5, 0.6) is 0 Å². The highest BCUT2D eigenvalue weighted by Gasteiger charge is 2.17. The smallest absolute Gasteiger partial charge is 0.219 e. The van der Waals surface area contributed by atoms with Gasteiger partial charge in [-0.1, -0.05) is 6.07 Å². The molecule has 18 heavy (non-hydrogen) atoms. The molecule has 5 heteroatoms. The van der Waals surface area contributed by atoms with Crippen LogP contribution in [-0.4, -0.2) is 47.1 Å². The van der Waals surface area contributed by atoms with Crippen LogP contribution in [0.25, 0.3) is 0 Å². The van der Waals surface area contributed by atoms with E-state index < -0.39 is 0 Å². The van der Waals surface area contributed by atoms with Gasteiger partial charge in [0, 0.05) is 39.3 Å². The molecule has 2 heterocycles. The summed E-state index contributed by atoms with van der Waals surface area (Å²) in [7, 11) is 0. The van der Waals surface area contributed by atoms with E-state index in [-0.39, 0.29) is 12.5 Å². The van der Waals surface area contributed by atoms with Gasteiger partial charge in [-0.2, -0.15) is 0 Å². The van der Waals surface area contributed by atoms with Crippen molar-refractivity contribution < 1.29 is 9.90 Å². The third kappa shape index (κ3) is 2.98. The zero-order chi connectivity index (χ0) is 13.0. The highest BCUT2D eigenvalue weighted by molar-refractivity contribution is 5.73. The molecule has 1 amide bonds. The first-order valence-electron chi connectivity index (χ1n) is 6.27. The molecule has 1 saturated heterocycles. The lowest BCUT2D eigenvalue weighted by Crippen LogP contribution is -2.33. The maximum Gasteiger partial charge on any atom is 0.219 e. The number of hydrogen-bond donors (Lipinski definition) is 1. The van der Waals surface area contributed by atoms with Gasteiger partial charge >= 0.3 is 0 Å². The number of nitrogens with zero attached hydrogens (tertiary/aromatic N) is 3. The van der Waals surface area contributed by atoms with Crippen molar-refractivity contribution in [2.45, 2.75) is 20.0 Å². The van der Waals surface area contributed by atoms with Gasteiger partial charge in [-0.15, -0.1) is 0 Å². The van der Waals surface area contributed by atoms with E-state index in [1.54, 1.807) is 13.1 Å². The molecule has 0 aliphatic carbocycles. The summed E-state index contributed by atoms with van der Waals surface area (Å²) in [6, 6.07) is 3.81. The maximum absolute atomic E-state index is 11.3. The van der Waals surface area contributed by atoms with Crippen molar-refractivity contribution >= 4 is 11.7 Å². The molecule has 2 rings (SSSR count). The second-order valence-corrected chi connectivity index (χ2v) is 4.53. The molecule has 1 N–H and O–H groups in total. The summed E-state index contributed by atoms with van der Waals surface area (Å²) in [6.07, 6.45) is 2.66. The minimum Gasteiger partial charge on any atom is -0.392 e. The first-order chi connectivity index (χ1) is 8.70. The lowest BCUT2D eigenvalue weighted by molar-refractivity contribution is -0.128. The van der Waals surface area contributed by atoms with Crippen LogP contribution in [0.1, 0.15) is 18.9 Å². The summed E-state index contributed by atoms with van der Waals surface area (Å²) >= 11 is 0. The Morgan fingerprint density at radius 1 is 1.33 bits per heavy atom. The Bertz CT molecular complexity index is 405. The molecule has 1 aliphatic rings. The third-order valence-electron chi connectivity index (χ3n) is 3.26. The van der Waals surface area contributed by atoms with E-state index >= 15 is 0 Å². The first kappa shape index (κ1) is 12.8. The van der Waals surface area contributed by atoms with E-state index in [0.29, 0.717) is 0 Å². The molecule has 1 aromatic rings. The largest absolute Gasteiger partial charge is 0.392 e. The quantitative estimate of drug-likeness (QED) is 0.835. The third-order valence-corrected chi connectivity index (χ3v) is 3.26. The molecule has 0 aromatic carbocycles. The van der Waals surface area contributed by atoms with Crippen LogP contribution in [0.4, 0.5) is 5.82 Å². The van der Waals surface area contributed by atoms with E-state index in [2.05, 4.69) is 9.88 Å². The molecule has 98 valence electrons. The van der Waals surface area contributed by atoms with Crippen LogP contribution in [0, 0.1) is 0 Å². The Kier molecular flexibility index (Phi) is 4.15. The van der Waals surface area contributed by atoms with Crippen LogP contribution in [0.3, 0.4) is 0 Å². The Labute approximate surface area is 107 Å². The second kappa shape index (κ2) is 5.82. The Balaban J connectivity index is 2.02. The summed E-state index contributed by atoms with van der Waals surface area (Å²) in [5.74, 6) is 1.05. The van der Waals surface area contributed by atoms with Gasteiger partial charge in [0.1, 0.15) is 5.82 Å². The molecule has 5 nitrogen and oxygen atoms in total. The standard InChI is InChI=1S/C13H19N3O2/c1-11(18)15-5-2-6-16(8-7-15)13-4-3-12(10-17)9-14-13/h3-4,9,17H,2,5-8,10H2,1H3. The van der Waals surface area contributed by atoms with Gasteiger partial charge < -0.3 is 14.9 Å². The van der Waals surface area contributed by atoms with Crippen molar-refractivity contribution in [2.75, 3.05) is 31.1 Å². The maximum atomic E-state index is 11.3. The summed E-state index contributed by atoms with van der Waals surface area (Å²) in [4.78, 5) is 19.8. The SMILES string of the molecule is CC(=O)N1CCCN(c2ccc(CO)cn2)CC1. The molecule has 0 saturated carbocycles. The van der Waals surface area contributed by atoms with Gasteiger partial charge in [-0.3, -0.25) is 4.79 Å². The molecule has 0 unspecified atom stereocenters. The predicted octanol–water partition coefficient (Wildman–Crippen LogP) is 0.632. The van der Waals surface area contributed by atoms with Gasteiger partial charge in [0.25, 0.3) is 0 Å². The first-order valence-corrected chi connectivity index (χ1v) is 6.27.